The Labute approximate surface area is 144 Å². The largest absolute Gasteiger partial charge is 0.126 e. The van der Waals surface area contributed by atoms with Crippen molar-refractivity contribution in [2.75, 3.05) is 0 Å². The highest BCUT2D eigenvalue weighted by molar-refractivity contribution is 14.1. The molecule has 0 aliphatic carbocycles. The van der Waals surface area contributed by atoms with Crippen molar-refractivity contribution < 1.29 is 0 Å². The van der Waals surface area contributed by atoms with E-state index in [1.165, 1.54) is 0 Å². The Morgan fingerprint density at radius 2 is 1.94 bits per heavy atom. The fourth-order valence-electron chi connectivity index (χ4n) is 1.32. The van der Waals surface area contributed by atoms with Crippen LogP contribution in [0.5, 0.6) is 0 Å². The summed E-state index contributed by atoms with van der Waals surface area (Å²) < 4.78 is 2.75. The Morgan fingerprint density at radius 3 is 2.47 bits per heavy atom. The third-order valence-electron chi connectivity index (χ3n) is 2.15. The molecule has 0 bridgehead atoms. The third-order valence-corrected chi connectivity index (χ3v) is 7.59. The summed E-state index contributed by atoms with van der Waals surface area (Å²) in [6.45, 7) is 0. The Hall–Kier alpha value is 1.19. The van der Waals surface area contributed by atoms with Crippen LogP contribution in [0.2, 0.25) is 9.36 Å². The summed E-state index contributed by atoms with van der Waals surface area (Å²) >= 11 is 23.0. The van der Waals surface area contributed by atoms with E-state index in [0.717, 1.165) is 27.8 Å². The number of hydrogen-bond donors (Lipinski definition) is 0. The lowest BCUT2D eigenvalue weighted by atomic mass is 10.1. The molecule has 2 aromatic rings. The van der Waals surface area contributed by atoms with Gasteiger partial charge in [0.2, 0.25) is 0 Å². The third kappa shape index (κ3) is 3.39. The fourth-order valence-corrected chi connectivity index (χ4v) is 4.29. The van der Waals surface area contributed by atoms with Gasteiger partial charge in [0.05, 0.1) is 9.85 Å². The molecule has 0 saturated heterocycles. The summed E-state index contributed by atoms with van der Waals surface area (Å²) in [6.07, 6.45) is 0. The predicted octanol–water partition coefficient (Wildman–Crippen LogP) is 6.91. The van der Waals surface area contributed by atoms with Crippen LogP contribution in [0.25, 0.3) is 0 Å². The minimum Gasteiger partial charge on any atom is -0.126 e. The molecule has 0 saturated carbocycles. The van der Waals surface area contributed by atoms with Crippen LogP contribution in [0.1, 0.15) is 15.3 Å². The molecule has 2 rings (SSSR count). The highest BCUT2D eigenvalue weighted by Crippen LogP contribution is 2.41. The number of alkyl halides is 1. The molecular formula is C11H5Br2Cl2IS. The molecule has 0 fully saturated rings. The second-order valence-corrected chi connectivity index (χ2v) is 8.33. The average molecular weight is 527 g/mol. The Balaban J connectivity index is 2.36. The maximum Gasteiger partial charge on any atom is 0.107 e. The summed E-state index contributed by atoms with van der Waals surface area (Å²) in [4.78, 5) is 1.27. The number of halogens is 5. The molecule has 1 aromatic carbocycles. The van der Waals surface area contributed by atoms with Gasteiger partial charge in [-0.2, -0.15) is 0 Å². The first-order valence-corrected chi connectivity index (χ1v) is 8.88. The van der Waals surface area contributed by atoms with Crippen molar-refractivity contribution in [3.05, 3.63) is 52.1 Å². The molecule has 1 heterocycles. The molecular weight excluding hydrogens is 522 g/mol. The van der Waals surface area contributed by atoms with Crippen molar-refractivity contribution in [3.8, 4) is 0 Å². The van der Waals surface area contributed by atoms with Crippen LogP contribution in [-0.2, 0) is 0 Å². The van der Waals surface area contributed by atoms with Crippen LogP contribution in [-0.4, -0.2) is 0 Å². The van der Waals surface area contributed by atoms with Gasteiger partial charge in [-0.25, -0.2) is 0 Å². The molecule has 6 heteroatoms. The zero-order valence-corrected chi connectivity index (χ0v) is 15.8. The molecule has 90 valence electrons. The van der Waals surface area contributed by atoms with Gasteiger partial charge in [0, 0.05) is 12.9 Å². The SMILES string of the molecule is Clc1cc(C(Br)c2cc(Br)c(Cl)s2)ccc1I. The van der Waals surface area contributed by atoms with Gasteiger partial charge in [0.25, 0.3) is 0 Å². The Bertz CT molecular complexity index is 537. The molecule has 0 spiro atoms. The second kappa shape index (κ2) is 6.09. The lowest BCUT2D eigenvalue weighted by Gasteiger charge is -2.09. The zero-order chi connectivity index (χ0) is 12.6. The number of benzene rings is 1. The topological polar surface area (TPSA) is 0 Å². The van der Waals surface area contributed by atoms with E-state index >= 15 is 0 Å². The molecule has 0 aliphatic heterocycles. The van der Waals surface area contributed by atoms with Crippen molar-refractivity contribution in [1.82, 2.24) is 0 Å². The highest BCUT2D eigenvalue weighted by atomic mass is 127. The average Bonchev–Trinajstić information content (AvgIpc) is 2.62. The van der Waals surface area contributed by atoms with Crippen LogP contribution < -0.4 is 0 Å². The van der Waals surface area contributed by atoms with Crippen molar-refractivity contribution >= 4 is 89.0 Å². The molecule has 1 aromatic heterocycles. The number of thiophene rings is 1. The Kier molecular flexibility index (Phi) is 5.23. The molecule has 0 nitrogen and oxygen atoms in total. The van der Waals surface area contributed by atoms with Crippen LogP contribution in [0.3, 0.4) is 0 Å². The maximum atomic E-state index is 6.12. The fraction of sp³-hybridized carbons (Fsp3) is 0.0909. The lowest BCUT2D eigenvalue weighted by Crippen LogP contribution is -1.90. The molecule has 0 N–H and O–H groups in total. The molecule has 1 atom stereocenters. The molecule has 1 unspecified atom stereocenters. The van der Waals surface area contributed by atoms with Crippen molar-refractivity contribution in [2.24, 2.45) is 0 Å². The van der Waals surface area contributed by atoms with E-state index in [-0.39, 0.29) is 4.83 Å². The van der Waals surface area contributed by atoms with Crippen molar-refractivity contribution in [1.29, 1.82) is 0 Å². The van der Waals surface area contributed by atoms with E-state index < -0.39 is 0 Å². The normalized spacial score (nSPS) is 12.8. The van der Waals surface area contributed by atoms with E-state index in [9.17, 15) is 0 Å². The maximum absolute atomic E-state index is 6.12. The molecule has 0 radical (unpaired) electrons. The van der Waals surface area contributed by atoms with Crippen LogP contribution in [0.15, 0.2) is 28.7 Å². The summed E-state index contributed by atoms with van der Waals surface area (Å²) in [5.74, 6) is 0. The van der Waals surface area contributed by atoms with Gasteiger partial charge in [-0.15, -0.1) is 11.3 Å². The second-order valence-electron chi connectivity index (χ2n) is 3.31. The first-order valence-electron chi connectivity index (χ1n) is 4.53. The first kappa shape index (κ1) is 14.6. The lowest BCUT2D eigenvalue weighted by molar-refractivity contribution is 1.22. The van der Waals surface area contributed by atoms with Gasteiger partial charge in [-0.1, -0.05) is 45.2 Å². The van der Waals surface area contributed by atoms with Crippen LogP contribution >= 0.6 is 89.0 Å². The van der Waals surface area contributed by atoms with Gasteiger partial charge in [-0.3, -0.25) is 0 Å². The predicted molar refractivity (Wildman–Crippen MR) is 92.0 cm³/mol. The van der Waals surface area contributed by atoms with E-state index in [4.69, 9.17) is 23.2 Å². The van der Waals surface area contributed by atoms with Crippen LogP contribution in [0, 0.1) is 3.57 Å². The minimum atomic E-state index is 0.116. The number of hydrogen-bond acceptors (Lipinski definition) is 1. The summed E-state index contributed by atoms with van der Waals surface area (Å²) in [5, 5.41) is 0.772. The quantitative estimate of drug-likeness (QED) is 0.295. The van der Waals surface area contributed by atoms with Gasteiger partial charge >= 0.3 is 0 Å². The van der Waals surface area contributed by atoms with Gasteiger partial charge in [-0.05, 0) is 62.3 Å². The first-order chi connectivity index (χ1) is 7.99. The van der Waals surface area contributed by atoms with Crippen molar-refractivity contribution in [3.63, 3.8) is 0 Å². The standard InChI is InChI=1S/C11H5Br2Cl2IS/c12-6-4-9(17-11(6)15)10(13)5-1-2-8(16)7(14)3-5/h1-4,10H. The van der Waals surface area contributed by atoms with Gasteiger partial charge < -0.3 is 0 Å². The minimum absolute atomic E-state index is 0.116. The molecule has 0 amide bonds. The van der Waals surface area contributed by atoms with E-state index in [1.807, 2.05) is 18.2 Å². The van der Waals surface area contributed by atoms with Crippen molar-refractivity contribution in [2.45, 2.75) is 4.83 Å². The zero-order valence-electron chi connectivity index (χ0n) is 8.18. The summed E-state index contributed by atoms with van der Waals surface area (Å²) in [5.41, 5.74) is 1.13. The van der Waals surface area contributed by atoms with Gasteiger partial charge in [0.1, 0.15) is 4.34 Å². The van der Waals surface area contributed by atoms with Gasteiger partial charge in [0.15, 0.2) is 0 Å². The summed E-state index contributed by atoms with van der Waals surface area (Å²) in [6, 6.07) is 8.08. The molecule has 0 aliphatic rings. The number of rotatable bonds is 2. The molecule has 17 heavy (non-hydrogen) atoms. The smallest absolute Gasteiger partial charge is 0.107 e. The Morgan fingerprint density at radius 1 is 1.24 bits per heavy atom. The van der Waals surface area contributed by atoms with E-state index in [0.29, 0.717) is 0 Å². The van der Waals surface area contributed by atoms with Crippen LogP contribution in [0.4, 0.5) is 0 Å². The highest BCUT2D eigenvalue weighted by Gasteiger charge is 2.15. The van der Waals surface area contributed by atoms with E-state index in [1.54, 1.807) is 11.3 Å². The van der Waals surface area contributed by atoms with E-state index in [2.05, 4.69) is 60.5 Å². The monoisotopic (exact) mass is 524 g/mol. The summed E-state index contributed by atoms with van der Waals surface area (Å²) in [7, 11) is 0.